The number of anilines is 2. The van der Waals surface area contributed by atoms with Crippen molar-refractivity contribution in [2.75, 3.05) is 30.5 Å². The summed E-state index contributed by atoms with van der Waals surface area (Å²) in [6.45, 7) is 2.25. The van der Waals surface area contributed by atoms with Crippen molar-refractivity contribution in [3.63, 3.8) is 0 Å². The molecule has 2 aromatic carbocycles. The molecule has 0 saturated carbocycles. The Morgan fingerprint density at radius 3 is 2.72 bits per heavy atom. The van der Waals surface area contributed by atoms with Gasteiger partial charge in [0.1, 0.15) is 11.5 Å². The van der Waals surface area contributed by atoms with Gasteiger partial charge in [-0.05, 0) is 48.9 Å². The van der Waals surface area contributed by atoms with E-state index in [1.165, 1.54) is 0 Å². The number of ether oxygens (including phenoxy) is 2. The standard InChI is InChI=1S/C19H20N2O4/c1-13-3-8-17-16(11-13)21(19(23)12-25-17)10-9-18(22)20-14-4-6-15(24-2)7-5-14/h3-8,11H,9-10,12H2,1-2H3,(H,20,22). The first-order chi connectivity index (χ1) is 12.1. The second-order valence-corrected chi connectivity index (χ2v) is 5.83. The fraction of sp³-hybridized carbons (Fsp3) is 0.263. The van der Waals surface area contributed by atoms with E-state index >= 15 is 0 Å². The van der Waals surface area contributed by atoms with E-state index in [2.05, 4.69) is 5.32 Å². The molecule has 0 aromatic heterocycles. The molecule has 0 aliphatic carbocycles. The molecule has 0 unspecified atom stereocenters. The molecule has 1 heterocycles. The molecule has 1 N–H and O–H groups in total. The number of fused-ring (bicyclic) bond motifs is 1. The zero-order chi connectivity index (χ0) is 17.8. The fourth-order valence-electron chi connectivity index (χ4n) is 2.67. The Balaban J connectivity index is 1.63. The molecule has 2 aromatic rings. The summed E-state index contributed by atoms with van der Waals surface area (Å²) in [4.78, 5) is 26.0. The molecular weight excluding hydrogens is 320 g/mol. The van der Waals surface area contributed by atoms with Crippen LogP contribution >= 0.6 is 0 Å². The van der Waals surface area contributed by atoms with Gasteiger partial charge < -0.3 is 19.7 Å². The Hall–Kier alpha value is -3.02. The van der Waals surface area contributed by atoms with Gasteiger partial charge in [0.25, 0.3) is 5.91 Å². The predicted octanol–water partition coefficient (Wildman–Crippen LogP) is 2.76. The first-order valence-corrected chi connectivity index (χ1v) is 8.04. The van der Waals surface area contributed by atoms with Crippen molar-refractivity contribution < 1.29 is 19.1 Å². The summed E-state index contributed by atoms with van der Waals surface area (Å²) in [5.74, 6) is 1.10. The average Bonchev–Trinajstić information content (AvgIpc) is 2.61. The maximum Gasteiger partial charge on any atom is 0.265 e. The topological polar surface area (TPSA) is 67.9 Å². The maximum atomic E-state index is 12.2. The van der Waals surface area contributed by atoms with Gasteiger partial charge >= 0.3 is 0 Å². The second kappa shape index (κ2) is 7.25. The highest BCUT2D eigenvalue weighted by molar-refractivity contribution is 5.99. The number of nitrogens with zero attached hydrogens (tertiary/aromatic N) is 1. The molecule has 0 saturated heterocycles. The Bertz CT molecular complexity index is 787. The van der Waals surface area contributed by atoms with E-state index in [0.29, 0.717) is 23.7 Å². The summed E-state index contributed by atoms with van der Waals surface area (Å²) in [6, 6.07) is 12.8. The normalized spacial score (nSPS) is 13.0. The van der Waals surface area contributed by atoms with E-state index in [0.717, 1.165) is 11.3 Å². The van der Waals surface area contributed by atoms with Crippen LogP contribution in [0.3, 0.4) is 0 Å². The molecule has 6 nitrogen and oxygen atoms in total. The van der Waals surface area contributed by atoms with E-state index < -0.39 is 0 Å². The number of methoxy groups -OCH3 is 1. The fourth-order valence-corrected chi connectivity index (χ4v) is 2.67. The number of nitrogens with one attached hydrogen (secondary N) is 1. The largest absolute Gasteiger partial charge is 0.497 e. The number of carbonyl (C=O) groups excluding carboxylic acids is 2. The molecule has 0 bridgehead atoms. The number of hydrogen-bond acceptors (Lipinski definition) is 4. The molecule has 0 atom stereocenters. The molecule has 2 amide bonds. The van der Waals surface area contributed by atoms with Gasteiger partial charge in [0.15, 0.2) is 6.61 Å². The quantitative estimate of drug-likeness (QED) is 0.909. The zero-order valence-electron chi connectivity index (χ0n) is 14.2. The van der Waals surface area contributed by atoms with E-state index in [4.69, 9.17) is 9.47 Å². The molecule has 0 spiro atoms. The van der Waals surface area contributed by atoms with Crippen LogP contribution in [0, 0.1) is 6.92 Å². The Morgan fingerprint density at radius 2 is 2.00 bits per heavy atom. The van der Waals surface area contributed by atoms with Crippen molar-refractivity contribution in [2.24, 2.45) is 0 Å². The lowest BCUT2D eigenvalue weighted by atomic mass is 10.1. The van der Waals surface area contributed by atoms with Crippen LogP contribution in [0.4, 0.5) is 11.4 Å². The summed E-state index contributed by atoms with van der Waals surface area (Å²) in [5.41, 5.74) is 2.44. The van der Waals surface area contributed by atoms with Crippen molar-refractivity contribution in [1.82, 2.24) is 0 Å². The molecule has 25 heavy (non-hydrogen) atoms. The van der Waals surface area contributed by atoms with Crippen molar-refractivity contribution in [1.29, 1.82) is 0 Å². The third-order valence-corrected chi connectivity index (χ3v) is 3.99. The molecule has 3 rings (SSSR count). The van der Waals surface area contributed by atoms with Gasteiger partial charge in [-0.25, -0.2) is 0 Å². The lowest BCUT2D eigenvalue weighted by Gasteiger charge is -2.29. The summed E-state index contributed by atoms with van der Waals surface area (Å²) >= 11 is 0. The molecule has 6 heteroatoms. The van der Waals surface area contributed by atoms with Crippen molar-refractivity contribution in [3.8, 4) is 11.5 Å². The van der Waals surface area contributed by atoms with Crippen LogP contribution in [0.15, 0.2) is 42.5 Å². The molecule has 1 aliphatic heterocycles. The lowest BCUT2D eigenvalue weighted by molar-refractivity contribution is -0.121. The van der Waals surface area contributed by atoms with Crippen molar-refractivity contribution >= 4 is 23.2 Å². The number of aryl methyl sites for hydroxylation is 1. The predicted molar refractivity (Wildman–Crippen MR) is 95.3 cm³/mol. The van der Waals surface area contributed by atoms with Gasteiger partial charge in [-0.3, -0.25) is 9.59 Å². The lowest BCUT2D eigenvalue weighted by Crippen LogP contribution is -2.40. The van der Waals surface area contributed by atoms with Crippen molar-refractivity contribution in [3.05, 3.63) is 48.0 Å². The summed E-state index contributed by atoms with van der Waals surface area (Å²) < 4.78 is 10.5. The smallest absolute Gasteiger partial charge is 0.265 e. The monoisotopic (exact) mass is 340 g/mol. The van der Waals surface area contributed by atoms with Gasteiger partial charge in [0.05, 0.1) is 12.8 Å². The van der Waals surface area contributed by atoms with Gasteiger partial charge in [-0.1, -0.05) is 6.07 Å². The van der Waals surface area contributed by atoms with Crippen molar-refractivity contribution in [2.45, 2.75) is 13.3 Å². The highest BCUT2D eigenvalue weighted by atomic mass is 16.5. The highest BCUT2D eigenvalue weighted by Crippen LogP contribution is 2.32. The minimum atomic E-state index is -0.154. The highest BCUT2D eigenvalue weighted by Gasteiger charge is 2.25. The number of hydrogen-bond donors (Lipinski definition) is 1. The maximum absolute atomic E-state index is 12.2. The van der Waals surface area contributed by atoms with E-state index in [1.807, 2.05) is 25.1 Å². The van der Waals surface area contributed by atoms with Gasteiger partial charge in [-0.2, -0.15) is 0 Å². The summed E-state index contributed by atoms with van der Waals surface area (Å²) in [6.07, 6.45) is 0.200. The van der Waals surface area contributed by atoms with E-state index in [-0.39, 0.29) is 24.8 Å². The number of carbonyl (C=O) groups is 2. The molecular formula is C19H20N2O4. The van der Waals surface area contributed by atoms with Gasteiger partial charge in [0, 0.05) is 18.7 Å². The van der Waals surface area contributed by atoms with Gasteiger partial charge in [0.2, 0.25) is 5.91 Å². The van der Waals surface area contributed by atoms with Crippen LogP contribution in [0.25, 0.3) is 0 Å². The van der Waals surface area contributed by atoms with Crippen LogP contribution in [0.1, 0.15) is 12.0 Å². The molecule has 130 valence electrons. The third-order valence-electron chi connectivity index (χ3n) is 3.99. The molecule has 1 aliphatic rings. The first-order valence-electron chi connectivity index (χ1n) is 8.04. The Morgan fingerprint density at radius 1 is 1.24 bits per heavy atom. The van der Waals surface area contributed by atoms with Crippen LogP contribution in [-0.4, -0.2) is 32.1 Å². The Kier molecular flexibility index (Phi) is 4.88. The van der Waals surface area contributed by atoms with Crippen LogP contribution < -0.4 is 19.7 Å². The van der Waals surface area contributed by atoms with Gasteiger partial charge in [-0.15, -0.1) is 0 Å². The number of benzene rings is 2. The number of amides is 2. The minimum absolute atomic E-state index is 0.00381. The SMILES string of the molecule is COc1ccc(NC(=O)CCN2C(=O)COc3ccc(C)cc32)cc1. The summed E-state index contributed by atoms with van der Waals surface area (Å²) in [5, 5.41) is 2.82. The zero-order valence-corrected chi connectivity index (χ0v) is 14.2. The minimum Gasteiger partial charge on any atom is -0.497 e. The first kappa shape index (κ1) is 16.8. The van der Waals surface area contributed by atoms with E-state index in [1.54, 1.807) is 36.3 Å². The van der Waals surface area contributed by atoms with Crippen LogP contribution in [-0.2, 0) is 9.59 Å². The Labute approximate surface area is 146 Å². The van der Waals surface area contributed by atoms with Crippen LogP contribution in [0.5, 0.6) is 11.5 Å². The molecule has 0 fully saturated rings. The average molecular weight is 340 g/mol. The summed E-state index contributed by atoms with van der Waals surface area (Å²) in [7, 11) is 1.59. The number of rotatable bonds is 5. The second-order valence-electron chi connectivity index (χ2n) is 5.83. The molecule has 0 radical (unpaired) electrons. The van der Waals surface area contributed by atoms with E-state index in [9.17, 15) is 9.59 Å². The third kappa shape index (κ3) is 3.91. The van der Waals surface area contributed by atoms with Crippen LogP contribution in [0.2, 0.25) is 0 Å².